The van der Waals surface area contributed by atoms with E-state index in [1.165, 1.54) is 18.2 Å². The second kappa shape index (κ2) is 4.03. The van der Waals surface area contributed by atoms with E-state index < -0.39 is 11.9 Å². The van der Waals surface area contributed by atoms with Gasteiger partial charge in [0.25, 0.3) is 0 Å². The van der Waals surface area contributed by atoms with Crippen LogP contribution in [0.15, 0.2) is 24.3 Å². The quantitative estimate of drug-likeness (QED) is 0.855. The van der Waals surface area contributed by atoms with Gasteiger partial charge in [0.1, 0.15) is 5.69 Å². The van der Waals surface area contributed by atoms with Gasteiger partial charge in [-0.2, -0.15) is 0 Å². The van der Waals surface area contributed by atoms with Crippen molar-refractivity contribution in [2.24, 2.45) is 0 Å². The fourth-order valence-electron chi connectivity index (χ4n) is 1.49. The molecule has 0 aliphatic heterocycles. The minimum Gasteiger partial charge on any atom is -0.478 e. The smallest absolute Gasteiger partial charge is 0.354 e. The van der Waals surface area contributed by atoms with Gasteiger partial charge in [0.15, 0.2) is 0 Å². The Balaban J connectivity index is 2.85. The molecule has 0 aliphatic rings. The van der Waals surface area contributed by atoms with Crippen molar-refractivity contribution in [3.05, 3.63) is 40.5 Å². The van der Waals surface area contributed by atoms with Crippen molar-refractivity contribution in [2.45, 2.75) is 0 Å². The predicted octanol–water partition coefficient (Wildman–Crippen LogP) is 2.28. The van der Waals surface area contributed by atoms with E-state index in [1.807, 2.05) is 0 Å². The molecule has 0 spiro atoms. The van der Waals surface area contributed by atoms with Crippen molar-refractivity contribution in [1.29, 1.82) is 0 Å². The van der Waals surface area contributed by atoms with Crippen molar-refractivity contribution in [3.63, 3.8) is 0 Å². The molecule has 1 aromatic heterocycles. The topological polar surface area (TPSA) is 87.5 Å². The number of pyridine rings is 1. The molecule has 0 amide bonds. The lowest BCUT2D eigenvalue weighted by atomic mass is 10.1. The summed E-state index contributed by atoms with van der Waals surface area (Å²) in [5, 5.41) is 18.6. The molecule has 2 aromatic rings. The van der Waals surface area contributed by atoms with Gasteiger partial charge in [-0.1, -0.05) is 17.7 Å². The summed E-state index contributed by atoms with van der Waals surface area (Å²) in [6.45, 7) is 0. The normalized spacial score (nSPS) is 10.4. The van der Waals surface area contributed by atoms with Gasteiger partial charge in [0, 0.05) is 10.4 Å². The van der Waals surface area contributed by atoms with Crippen molar-refractivity contribution in [1.82, 2.24) is 4.98 Å². The van der Waals surface area contributed by atoms with E-state index in [0.29, 0.717) is 10.4 Å². The largest absolute Gasteiger partial charge is 0.478 e. The van der Waals surface area contributed by atoms with Crippen LogP contribution in [-0.4, -0.2) is 27.1 Å². The first-order chi connectivity index (χ1) is 7.99. The number of fused-ring (bicyclic) bond motifs is 1. The molecule has 0 saturated heterocycles. The number of hydrogen-bond acceptors (Lipinski definition) is 3. The molecule has 0 fully saturated rings. The maximum atomic E-state index is 11.0. The second-order valence-corrected chi connectivity index (χ2v) is 3.76. The lowest BCUT2D eigenvalue weighted by Crippen LogP contribution is -2.06. The number of nitrogens with zero attached hydrogens (tertiary/aromatic N) is 1. The van der Waals surface area contributed by atoms with Gasteiger partial charge in [-0.25, -0.2) is 14.6 Å². The molecule has 1 aromatic carbocycles. The molecule has 0 bridgehead atoms. The Hall–Kier alpha value is -2.14. The molecule has 2 N–H and O–H groups in total. The van der Waals surface area contributed by atoms with E-state index in [9.17, 15) is 9.59 Å². The summed E-state index contributed by atoms with van der Waals surface area (Å²) in [7, 11) is 0. The molecule has 0 atom stereocenters. The van der Waals surface area contributed by atoms with Gasteiger partial charge in [0.2, 0.25) is 0 Å². The molecule has 1 heterocycles. The number of carboxylic acid groups (broad SMARTS) is 2. The summed E-state index contributed by atoms with van der Waals surface area (Å²) < 4.78 is 0. The third kappa shape index (κ3) is 2.05. The van der Waals surface area contributed by atoms with Crippen LogP contribution in [0.5, 0.6) is 0 Å². The number of carbonyl (C=O) groups is 2. The standard InChI is InChI=1S/C11H6ClNO4/c12-5-1-2-6-7(10(14)15)4-9(11(16)17)13-8(6)3-5/h1-4H,(H,14,15)(H,16,17). The van der Waals surface area contributed by atoms with Gasteiger partial charge in [0.05, 0.1) is 11.1 Å². The summed E-state index contributed by atoms with van der Waals surface area (Å²) in [6.07, 6.45) is 0. The van der Waals surface area contributed by atoms with Gasteiger partial charge in [-0.05, 0) is 18.2 Å². The summed E-state index contributed by atoms with van der Waals surface area (Å²) in [4.78, 5) is 25.7. The van der Waals surface area contributed by atoms with E-state index >= 15 is 0 Å². The third-order valence-corrected chi connectivity index (χ3v) is 2.46. The molecule has 5 nitrogen and oxygen atoms in total. The van der Waals surface area contributed by atoms with Crippen molar-refractivity contribution >= 4 is 34.4 Å². The number of aromatic nitrogens is 1. The van der Waals surface area contributed by atoms with Crippen LogP contribution in [0.2, 0.25) is 5.02 Å². The first kappa shape index (κ1) is 11.3. The molecular weight excluding hydrogens is 246 g/mol. The van der Waals surface area contributed by atoms with Crippen LogP contribution in [0, 0.1) is 0 Å². The number of benzene rings is 1. The zero-order chi connectivity index (χ0) is 12.6. The zero-order valence-electron chi connectivity index (χ0n) is 8.35. The molecule has 0 unspecified atom stereocenters. The average Bonchev–Trinajstić information content (AvgIpc) is 2.26. The first-order valence-corrected chi connectivity index (χ1v) is 4.94. The molecule has 0 radical (unpaired) electrons. The van der Waals surface area contributed by atoms with E-state index in [0.717, 1.165) is 6.07 Å². The Morgan fingerprint density at radius 1 is 1.12 bits per heavy atom. The highest BCUT2D eigenvalue weighted by Gasteiger charge is 2.15. The fraction of sp³-hybridized carbons (Fsp3) is 0. The zero-order valence-corrected chi connectivity index (χ0v) is 9.10. The highest BCUT2D eigenvalue weighted by molar-refractivity contribution is 6.31. The van der Waals surface area contributed by atoms with Crippen LogP contribution >= 0.6 is 11.6 Å². The van der Waals surface area contributed by atoms with Crippen LogP contribution in [0.3, 0.4) is 0 Å². The maximum absolute atomic E-state index is 11.0. The number of halogens is 1. The highest BCUT2D eigenvalue weighted by atomic mass is 35.5. The molecule has 0 aliphatic carbocycles. The molecule has 86 valence electrons. The molecule has 2 rings (SSSR count). The van der Waals surface area contributed by atoms with Crippen molar-refractivity contribution in [2.75, 3.05) is 0 Å². The van der Waals surface area contributed by atoms with Crippen LogP contribution in [0.25, 0.3) is 10.9 Å². The summed E-state index contributed by atoms with van der Waals surface area (Å²) in [5.74, 6) is -2.49. The van der Waals surface area contributed by atoms with Crippen LogP contribution < -0.4 is 0 Å². The molecular formula is C11H6ClNO4. The molecule has 0 saturated carbocycles. The van der Waals surface area contributed by atoms with Gasteiger partial charge < -0.3 is 10.2 Å². The van der Waals surface area contributed by atoms with E-state index in [1.54, 1.807) is 0 Å². The minimum atomic E-state index is -1.28. The Morgan fingerprint density at radius 2 is 1.82 bits per heavy atom. The van der Waals surface area contributed by atoms with Crippen molar-refractivity contribution in [3.8, 4) is 0 Å². The SMILES string of the molecule is O=C(O)c1cc(C(=O)O)c2ccc(Cl)cc2n1. The fourth-order valence-corrected chi connectivity index (χ4v) is 1.65. The first-order valence-electron chi connectivity index (χ1n) is 4.56. The van der Waals surface area contributed by atoms with Gasteiger partial charge in [-0.3, -0.25) is 0 Å². The monoisotopic (exact) mass is 251 g/mol. The number of rotatable bonds is 2. The van der Waals surface area contributed by atoms with E-state index in [-0.39, 0.29) is 16.8 Å². The Morgan fingerprint density at radius 3 is 2.41 bits per heavy atom. The van der Waals surface area contributed by atoms with E-state index in [4.69, 9.17) is 21.8 Å². The number of hydrogen-bond donors (Lipinski definition) is 2. The highest BCUT2D eigenvalue weighted by Crippen LogP contribution is 2.22. The van der Waals surface area contributed by atoms with Crippen LogP contribution in [0.4, 0.5) is 0 Å². The predicted molar refractivity (Wildman–Crippen MR) is 60.7 cm³/mol. The van der Waals surface area contributed by atoms with E-state index in [2.05, 4.69) is 4.98 Å². The molecule has 17 heavy (non-hydrogen) atoms. The minimum absolute atomic E-state index is 0.107. The number of carboxylic acids is 2. The van der Waals surface area contributed by atoms with Gasteiger partial charge in [-0.15, -0.1) is 0 Å². The Labute approximate surface area is 100 Å². The number of aromatic carboxylic acids is 2. The van der Waals surface area contributed by atoms with Gasteiger partial charge >= 0.3 is 11.9 Å². The third-order valence-electron chi connectivity index (χ3n) is 2.22. The van der Waals surface area contributed by atoms with Crippen LogP contribution in [-0.2, 0) is 0 Å². The Bertz CT molecular complexity index is 639. The van der Waals surface area contributed by atoms with Crippen molar-refractivity contribution < 1.29 is 19.8 Å². The lowest BCUT2D eigenvalue weighted by Gasteiger charge is -2.04. The Kier molecular flexibility index (Phi) is 2.69. The summed E-state index contributed by atoms with van der Waals surface area (Å²) in [6, 6.07) is 5.48. The summed E-state index contributed by atoms with van der Waals surface area (Å²) >= 11 is 5.75. The average molecular weight is 252 g/mol. The molecule has 6 heteroatoms. The maximum Gasteiger partial charge on any atom is 0.354 e. The van der Waals surface area contributed by atoms with Crippen LogP contribution in [0.1, 0.15) is 20.8 Å². The summed E-state index contributed by atoms with van der Waals surface area (Å²) in [5.41, 5.74) is -0.184. The lowest BCUT2D eigenvalue weighted by molar-refractivity contribution is 0.0691. The second-order valence-electron chi connectivity index (χ2n) is 3.33.